The van der Waals surface area contributed by atoms with E-state index in [1.54, 1.807) is 36.6 Å². The van der Waals surface area contributed by atoms with Gasteiger partial charge < -0.3 is 14.2 Å². The van der Waals surface area contributed by atoms with Crippen molar-refractivity contribution in [2.75, 3.05) is 20.3 Å². The SMILES string of the molecule is CCOC(=O)C1=C(C)N=c2s/c(=C/c3cc(Br)c(OCC#N)c(OC)c3)c(=O)n2[C@H]1c1ccc(C)cc1. The maximum absolute atomic E-state index is 13.8. The quantitative estimate of drug-likeness (QED) is 0.393. The molecule has 4 rings (SSSR count). The van der Waals surface area contributed by atoms with E-state index in [4.69, 9.17) is 19.5 Å². The highest BCUT2D eigenvalue weighted by molar-refractivity contribution is 9.10. The predicted molar refractivity (Wildman–Crippen MR) is 143 cm³/mol. The monoisotopic (exact) mass is 581 g/mol. The summed E-state index contributed by atoms with van der Waals surface area (Å²) in [5, 5.41) is 8.85. The third-order valence-electron chi connectivity index (χ3n) is 5.74. The molecule has 3 aromatic rings. The van der Waals surface area contributed by atoms with E-state index in [9.17, 15) is 9.59 Å². The summed E-state index contributed by atoms with van der Waals surface area (Å²) in [6.07, 6.45) is 1.74. The molecule has 0 unspecified atom stereocenters. The van der Waals surface area contributed by atoms with Gasteiger partial charge in [-0.05, 0) is 66.0 Å². The summed E-state index contributed by atoms with van der Waals surface area (Å²) in [5.74, 6) is 0.323. The smallest absolute Gasteiger partial charge is 0.338 e. The molecule has 2 heterocycles. The maximum Gasteiger partial charge on any atom is 0.338 e. The van der Waals surface area contributed by atoms with Gasteiger partial charge in [0.25, 0.3) is 5.56 Å². The Morgan fingerprint density at radius 1 is 1.27 bits per heavy atom. The number of nitrogens with zero attached hydrogens (tertiary/aromatic N) is 3. The molecule has 0 spiro atoms. The van der Waals surface area contributed by atoms with Crippen molar-refractivity contribution >= 4 is 39.3 Å². The van der Waals surface area contributed by atoms with Crippen molar-refractivity contribution in [3.8, 4) is 17.6 Å². The van der Waals surface area contributed by atoms with E-state index in [1.165, 1.54) is 18.4 Å². The molecular formula is C27H24BrN3O5S. The minimum Gasteiger partial charge on any atom is -0.493 e. The number of thiazole rings is 1. The third kappa shape index (κ3) is 5.24. The van der Waals surface area contributed by atoms with Gasteiger partial charge in [-0.1, -0.05) is 41.2 Å². The van der Waals surface area contributed by atoms with Crippen molar-refractivity contribution in [2.24, 2.45) is 4.99 Å². The van der Waals surface area contributed by atoms with Gasteiger partial charge in [0, 0.05) is 0 Å². The lowest BCUT2D eigenvalue weighted by molar-refractivity contribution is -0.139. The van der Waals surface area contributed by atoms with Crippen LogP contribution in [0.5, 0.6) is 11.5 Å². The fourth-order valence-corrected chi connectivity index (χ4v) is 5.70. The molecule has 1 aliphatic heterocycles. The van der Waals surface area contributed by atoms with Crippen LogP contribution in [0.25, 0.3) is 6.08 Å². The summed E-state index contributed by atoms with van der Waals surface area (Å²) >= 11 is 4.70. The second kappa shape index (κ2) is 11.2. The molecule has 37 heavy (non-hydrogen) atoms. The highest BCUT2D eigenvalue weighted by Gasteiger charge is 2.33. The van der Waals surface area contributed by atoms with Crippen molar-refractivity contribution in [1.29, 1.82) is 5.26 Å². The Balaban J connectivity index is 1.90. The number of benzene rings is 2. The molecule has 0 saturated carbocycles. The first-order valence-corrected chi connectivity index (χ1v) is 13.0. The number of hydrogen-bond donors (Lipinski definition) is 0. The fourth-order valence-electron chi connectivity index (χ4n) is 4.07. The van der Waals surface area contributed by atoms with Crippen LogP contribution in [0.2, 0.25) is 0 Å². The van der Waals surface area contributed by atoms with Crippen molar-refractivity contribution in [3.05, 3.63) is 88.5 Å². The molecule has 0 amide bonds. The highest BCUT2D eigenvalue weighted by Crippen LogP contribution is 2.37. The normalized spacial score (nSPS) is 15.0. The maximum atomic E-state index is 13.8. The van der Waals surface area contributed by atoms with Gasteiger partial charge in [0.05, 0.1) is 40.0 Å². The summed E-state index contributed by atoms with van der Waals surface area (Å²) in [5.41, 5.74) is 3.12. The van der Waals surface area contributed by atoms with Gasteiger partial charge in [-0.2, -0.15) is 5.26 Å². The molecule has 1 aliphatic rings. The Kier molecular flexibility index (Phi) is 7.95. The van der Waals surface area contributed by atoms with E-state index in [0.29, 0.717) is 42.1 Å². The number of halogens is 1. The van der Waals surface area contributed by atoms with Crippen LogP contribution in [0.4, 0.5) is 0 Å². The lowest BCUT2D eigenvalue weighted by Crippen LogP contribution is -2.39. The van der Waals surface area contributed by atoms with Crippen molar-refractivity contribution < 1.29 is 19.0 Å². The largest absolute Gasteiger partial charge is 0.493 e. The van der Waals surface area contributed by atoms with Gasteiger partial charge in [0.15, 0.2) is 22.9 Å². The predicted octanol–water partition coefficient (Wildman–Crippen LogP) is 3.78. The second-order valence-electron chi connectivity index (χ2n) is 8.19. The van der Waals surface area contributed by atoms with E-state index >= 15 is 0 Å². The van der Waals surface area contributed by atoms with Crippen LogP contribution >= 0.6 is 27.3 Å². The fraction of sp³-hybridized carbons (Fsp3) is 0.259. The van der Waals surface area contributed by atoms with Crippen LogP contribution in [-0.4, -0.2) is 30.9 Å². The zero-order chi connectivity index (χ0) is 26.7. The molecule has 10 heteroatoms. The van der Waals surface area contributed by atoms with Crippen LogP contribution in [-0.2, 0) is 9.53 Å². The Bertz CT molecular complexity index is 1610. The molecule has 1 aromatic heterocycles. The molecule has 0 saturated heterocycles. The molecule has 0 aliphatic carbocycles. The number of rotatable bonds is 7. The van der Waals surface area contributed by atoms with Gasteiger partial charge in [-0.25, -0.2) is 9.79 Å². The molecule has 0 N–H and O–H groups in total. The lowest BCUT2D eigenvalue weighted by atomic mass is 9.95. The molecule has 0 fully saturated rings. The number of hydrogen-bond acceptors (Lipinski definition) is 8. The van der Waals surface area contributed by atoms with Gasteiger partial charge >= 0.3 is 5.97 Å². The van der Waals surface area contributed by atoms with Crippen LogP contribution in [0.3, 0.4) is 0 Å². The first kappa shape index (κ1) is 26.4. The number of aryl methyl sites for hydroxylation is 1. The molecular weight excluding hydrogens is 558 g/mol. The number of carbonyl (C=O) groups excluding carboxylic acids is 1. The topological polar surface area (TPSA) is 103 Å². The van der Waals surface area contributed by atoms with Gasteiger partial charge in [0.1, 0.15) is 6.07 Å². The molecule has 2 aromatic carbocycles. The van der Waals surface area contributed by atoms with E-state index in [-0.39, 0.29) is 18.8 Å². The lowest BCUT2D eigenvalue weighted by Gasteiger charge is -2.24. The molecule has 8 nitrogen and oxygen atoms in total. The van der Waals surface area contributed by atoms with Crippen LogP contribution in [0.15, 0.2) is 61.9 Å². The summed E-state index contributed by atoms with van der Waals surface area (Å²) in [6.45, 7) is 5.56. The number of fused-ring (bicyclic) bond motifs is 1. The standard InChI is InChI=1S/C27H24BrN3O5S/c1-5-35-26(33)22-16(3)30-27-31(23(22)18-8-6-15(2)7-9-18)25(32)21(37-27)14-17-12-19(28)24(36-11-10-29)20(13-17)34-4/h6-9,12-14,23H,5,11H2,1-4H3/b21-14+/t23-/m0/s1. The number of nitriles is 1. The van der Waals surface area contributed by atoms with E-state index in [1.807, 2.05) is 37.3 Å². The van der Waals surface area contributed by atoms with Crippen molar-refractivity contribution in [2.45, 2.75) is 26.8 Å². The van der Waals surface area contributed by atoms with Gasteiger partial charge in [0.2, 0.25) is 0 Å². The van der Waals surface area contributed by atoms with Crippen LogP contribution < -0.4 is 24.4 Å². The second-order valence-corrected chi connectivity index (χ2v) is 10.1. The Morgan fingerprint density at radius 2 is 2.00 bits per heavy atom. The summed E-state index contributed by atoms with van der Waals surface area (Å²) in [6, 6.07) is 12.5. The van der Waals surface area contributed by atoms with Crippen LogP contribution in [0.1, 0.15) is 36.6 Å². The molecule has 0 bridgehead atoms. The van der Waals surface area contributed by atoms with E-state index in [0.717, 1.165) is 11.1 Å². The highest BCUT2D eigenvalue weighted by atomic mass is 79.9. The minimum absolute atomic E-state index is 0.131. The third-order valence-corrected chi connectivity index (χ3v) is 7.31. The summed E-state index contributed by atoms with van der Waals surface area (Å²) in [4.78, 5) is 31.8. The number of aromatic nitrogens is 1. The van der Waals surface area contributed by atoms with Gasteiger partial charge in [-0.3, -0.25) is 9.36 Å². The molecule has 0 radical (unpaired) electrons. The first-order chi connectivity index (χ1) is 17.8. The average molecular weight is 582 g/mol. The number of ether oxygens (including phenoxy) is 3. The molecule has 190 valence electrons. The van der Waals surface area contributed by atoms with E-state index < -0.39 is 12.0 Å². The van der Waals surface area contributed by atoms with Crippen LogP contribution in [0, 0.1) is 18.3 Å². The zero-order valence-electron chi connectivity index (χ0n) is 20.7. The summed E-state index contributed by atoms with van der Waals surface area (Å²) < 4.78 is 18.8. The van der Waals surface area contributed by atoms with E-state index in [2.05, 4.69) is 20.9 Å². The number of carbonyl (C=O) groups is 1. The first-order valence-electron chi connectivity index (χ1n) is 11.4. The number of esters is 1. The van der Waals surface area contributed by atoms with Crippen molar-refractivity contribution in [1.82, 2.24) is 4.57 Å². The molecule has 1 atom stereocenters. The Labute approximate surface area is 225 Å². The van der Waals surface area contributed by atoms with Crippen molar-refractivity contribution in [3.63, 3.8) is 0 Å². The Morgan fingerprint density at radius 3 is 2.65 bits per heavy atom. The zero-order valence-corrected chi connectivity index (χ0v) is 23.1. The Hall–Kier alpha value is -3.68. The summed E-state index contributed by atoms with van der Waals surface area (Å²) in [7, 11) is 1.50. The number of allylic oxidation sites excluding steroid dienone is 1. The minimum atomic E-state index is -0.666. The van der Waals surface area contributed by atoms with Gasteiger partial charge in [-0.15, -0.1) is 0 Å². The average Bonchev–Trinajstić information content (AvgIpc) is 3.17. The number of methoxy groups -OCH3 is 1.